The lowest BCUT2D eigenvalue weighted by molar-refractivity contribution is -0.141. The summed E-state index contributed by atoms with van der Waals surface area (Å²) in [7, 11) is 1.26. The van der Waals surface area contributed by atoms with Crippen LogP contribution in [0.25, 0.3) is 0 Å². The van der Waals surface area contributed by atoms with Crippen LogP contribution in [-0.2, 0) is 19.1 Å². The molecule has 6 heteroatoms. The van der Waals surface area contributed by atoms with Crippen LogP contribution in [0.1, 0.15) is 13.3 Å². The highest BCUT2D eigenvalue weighted by Gasteiger charge is 2.33. The number of methoxy groups -OCH3 is 1. The average molecular weight is 228 g/mol. The standard InChI is InChI=1S/C10H16N2O4/c1-3-12-6-7(4-8(12)13)10(15)11-5-9(14)16-2/h7H,3-6H2,1-2H3,(H,11,15). The van der Waals surface area contributed by atoms with Crippen LogP contribution in [0.4, 0.5) is 0 Å². The van der Waals surface area contributed by atoms with E-state index in [0.29, 0.717) is 13.1 Å². The molecule has 6 nitrogen and oxygen atoms in total. The van der Waals surface area contributed by atoms with Crippen LogP contribution in [0.15, 0.2) is 0 Å². The molecule has 1 atom stereocenters. The van der Waals surface area contributed by atoms with Crippen molar-refractivity contribution in [2.75, 3.05) is 26.7 Å². The van der Waals surface area contributed by atoms with Crippen LogP contribution in [0.3, 0.4) is 0 Å². The second-order valence-electron chi connectivity index (χ2n) is 3.63. The molecule has 1 heterocycles. The molecule has 1 unspecified atom stereocenters. The van der Waals surface area contributed by atoms with Crippen LogP contribution < -0.4 is 5.32 Å². The molecule has 2 amide bonds. The molecule has 0 aromatic rings. The Morgan fingerprint density at radius 3 is 2.75 bits per heavy atom. The third-order valence-electron chi connectivity index (χ3n) is 2.60. The Morgan fingerprint density at radius 1 is 1.56 bits per heavy atom. The maximum Gasteiger partial charge on any atom is 0.325 e. The molecule has 0 aliphatic carbocycles. The fourth-order valence-electron chi connectivity index (χ4n) is 1.63. The van der Waals surface area contributed by atoms with Crippen molar-refractivity contribution in [3.63, 3.8) is 0 Å². The Morgan fingerprint density at radius 2 is 2.25 bits per heavy atom. The molecule has 1 aliphatic heterocycles. The van der Waals surface area contributed by atoms with E-state index in [9.17, 15) is 14.4 Å². The SMILES string of the molecule is CCN1CC(C(=O)NCC(=O)OC)CC1=O. The third-order valence-corrected chi connectivity index (χ3v) is 2.60. The predicted molar refractivity (Wildman–Crippen MR) is 55.4 cm³/mol. The molecule has 0 aromatic carbocycles. The van der Waals surface area contributed by atoms with Crippen LogP contribution in [0.5, 0.6) is 0 Å². The Balaban J connectivity index is 2.39. The summed E-state index contributed by atoms with van der Waals surface area (Å²) in [6.45, 7) is 2.76. The number of likely N-dealkylation sites (tertiary alicyclic amines) is 1. The van der Waals surface area contributed by atoms with Crippen LogP contribution in [-0.4, -0.2) is 49.4 Å². The van der Waals surface area contributed by atoms with Gasteiger partial charge in [0.1, 0.15) is 6.54 Å². The summed E-state index contributed by atoms with van der Waals surface area (Å²) < 4.78 is 4.40. The molecule has 0 saturated carbocycles. The highest BCUT2D eigenvalue weighted by Crippen LogP contribution is 2.17. The van der Waals surface area contributed by atoms with Gasteiger partial charge in [0.25, 0.3) is 0 Å². The molecule has 0 bridgehead atoms. The summed E-state index contributed by atoms with van der Waals surface area (Å²) in [5.41, 5.74) is 0. The Kier molecular flexibility index (Phi) is 4.28. The summed E-state index contributed by atoms with van der Waals surface area (Å²) in [6.07, 6.45) is 0.223. The van der Waals surface area contributed by atoms with Gasteiger partial charge in [-0.25, -0.2) is 0 Å². The quantitative estimate of drug-likeness (QED) is 0.635. The summed E-state index contributed by atoms with van der Waals surface area (Å²) >= 11 is 0. The zero-order chi connectivity index (χ0) is 12.1. The lowest BCUT2D eigenvalue weighted by atomic mass is 10.1. The van der Waals surface area contributed by atoms with Crippen molar-refractivity contribution in [1.29, 1.82) is 0 Å². The molecule has 90 valence electrons. The van der Waals surface area contributed by atoms with Crippen molar-refractivity contribution in [3.05, 3.63) is 0 Å². The largest absolute Gasteiger partial charge is 0.468 e. The van der Waals surface area contributed by atoms with E-state index in [1.165, 1.54) is 7.11 Å². The second-order valence-corrected chi connectivity index (χ2v) is 3.63. The fraction of sp³-hybridized carbons (Fsp3) is 0.700. The molecule has 1 N–H and O–H groups in total. The van der Waals surface area contributed by atoms with Crippen molar-refractivity contribution in [1.82, 2.24) is 10.2 Å². The van der Waals surface area contributed by atoms with Crippen LogP contribution >= 0.6 is 0 Å². The minimum Gasteiger partial charge on any atom is -0.468 e. The van der Waals surface area contributed by atoms with Gasteiger partial charge >= 0.3 is 5.97 Å². The van der Waals surface area contributed by atoms with E-state index in [-0.39, 0.29) is 30.7 Å². The lowest BCUT2D eigenvalue weighted by Crippen LogP contribution is -2.36. The highest BCUT2D eigenvalue weighted by atomic mass is 16.5. The first-order valence-electron chi connectivity index (χ1n) is 5.20. The van der Waals surface area contributed by atoms with Crippen molar-refractivity contribution < 1.29 is 19.1 Å². The number of ether oxygens (including phenoxy) is 1. The number of hydrogen-bond donors (Lipinski definition) is 1. The van der Waals surface area contributed by atoms with E-state index in [0.717, 1.165) is 0 Å². The first kappa shape index (κ1) is 12.5. The molecule has 1 rings (SSSR count). The number of nitrogens with one attached hydrogen (secondary N) is 1. The minimum absolute atomic E-state index is 0.0132. The highest BCUT2D eigenvalue weighted by molar-refractivity contribution is 5.90. The van der Waals surface area contributed by atoms with Crippen LogP contribution in [0.2, 0.25) is 0 Å². The summed E-state index contributed by atoms with van der Waals surface area (Å²) in [4.78, 5) is 35.4. The summed E-state index contributed by atoms with van der Waals surface area (Å²) in [6, 6.07) is 0. The van der Waals surface area contributed by atoms with Crippen molar-refractivity contribution in [2.45, 2.75) is 13.3 Å². The molecule has 0 radical (unpaired) electrons. The van der Waals surface area contributed by atoms with Gasteiger partial charge in [-0.1, -0.05) is 0 Å². The van der Waals surface area contributed by atoms with Gasteiger partial charge in [0.15, 0.2) is 0 Å². The molecule has 1 aliphatic rings. The predicted octanol–water partition coefficient (Wildman–Crippen LogP) is -0.856. The Bertz CT molecular complexity index is 303. The average Bonchev–Trinajstić information content (AvgIpc) is 2.66. The summed E-state index contributed by atoms with van der Waals surface area (Å²) in [5.74, 6) is -1.13. The van der Waals surface area contributed by atoms with Gasteiger partial charge < -0.3 is 15.0 Å². The van der Waals surface area contributed by atoms with E-state index in [2.05, 4.69) is 10.1 Å². The number of carbonyl (C=O) groups excluding carboxylic acids is 3. The smallest absolute Gasteiger partial charge is 0.325 e. The molecular formula is C10H16N2O4. The van der Waals surface area contributed by atoms with Crippen molar-refractivity contribution in [3.8, 4) is 0 Å². The van der Waals surface area contributed by atoms with Gasteiger partial charge in [0, 0.05) is 19.5 Å². The second kappa shape index (κ2) is 5.48. The van der Waals surface area contributed by atoms with Gasteiger partial charge in [-0.15, -0.1) is 0 Å². The zero-order valence-corrected chi connectivity index (χ0v) is 9.49. The van der Waals surface area contributed by atoms with Gasteiger partial charge in [-0.05, 0) is 6.92 Å². The number of rotatable bonds is 4. The summed E-state index contributed by atoms with van der Waals surface area (Å²) in [5, 5.41) is 2.45. The maximum atomic E-state index is 11.6. The monoisotopic (exact) mass is 228 g/mol. The van der Waals surface area contributed by atoms with Crippen molar-refractivity contribution >= 4 is 17.8 Å². The Labute approximate surface area is 93.9 Å². The lowest BCUT2D eigenvalue weighted by Gasteiger charge is -2.13. The molecule has 1 saturated heterocycles. The van der Waals surface area contributed by atoms with Gasteiger partial charge in [-0.3, -0.25) is 14.4 Å². The first-order valence-corrected chi connectivity index (χ1v) is 5.20. The van der Waals surface area contributed by atoms with Crippen molar-refractivity contribution in [2.24, 2.45) is 5.92 Å². The molecular weight excluding hydrogens is 212 g/mol. The molecule has 16 heavy (non-hydrogen) atoms. The van der Waals surface area contributed by atoms with E-state index in [1.54, 1.807) is 4.90 Å². The maximum absolute atomic E-state index is 11.6. The van der Waals surface area contributed by atoms with Gasteiger partial charge in [0.05, 0.1) is 13.0 Å². The first-order chi connectivity index (χ1) is 7.58. The normalized spacial score (nSPS) is 19.8. The van der Waals surface area contributed by atoms with Crippen LogP contribution in [0, 0.1) is 5.92 Å². The van der Waals surface area contributed by atoms with E-state index in [4.69, 9.17) is 0 Å². The third kappa shape index (κ3) is 2.95. The minimum atomic E-state index is -0.495. The number of nitrogens with zero attached hydrogens (tertiary/aromatic N) is 1. The zero-order valence-electron chi connectivity index (χ0n) is 9.49. The number of esters is 1. The number of amides is 2. The molecule has 1 fully saturated rings. The number of hydrogen-bond acceptors (Lipinski definition) is 4. The van der Waals surface area contributed by atoms with E-state index >= 15 is 0 Å². The topological polar surface area (TPSA) is 75.7 Å². The Hall–Kier alpha value is -1.59. The number of carbonyl (C=O) groups is 3. The van der Waals surface area contributed by atoms with Gasteiger partial charge in [0.2, 0.25) is 11.8 Å². The fourth-order valence-corrected chi connectivity index (χ4v) is 1.63. The molecule has 0 spiro atoms. The van der Waals surface area contributed by atoms with E-state index < -0.39 is 5.97 Å². The van der Waals surface area contributed by atoms with Gasteiger partial charge in [-0.2, -0.15) is 0 Å². The molecule has 0 aromatic heterocycles. The van der Waals surface area contributed by atoms with E-state index in [1.807, 2.05) is 6.92 Å².